The molecule has 2 fully saturated rings. The van der Waals surface area contributed by atoms with Crippen LogP contribution in [0, 0.1) is 11.8 Å². The molecule has 0 saturated carbocycles. The van der Waals surface area contributed by atoms with Crippen LogP contribution in [0.15, 0.2) is 48.3 Å². The number of hydrogen-bond donors (Lipinski definition) is 2. The molecule has 2 N–H and O–H groups in total. The number of imidazole rings is 1. The zero-order valence-electron chi connectivity index (χ0n) is 23.3. The number of fused-ring (bicyclic) bond motifs is 1. The van der Waals surface area contributed by atoms with Crippen molar-refractivity contribution in [2.24, 2.45) is 18.9 Å². The number of ether oxygens (including phenoxy) is 2. The van der Waals surface area contributed by atoms with Crippen molar-refractivity contribution in [1.82, 2.24) is 14.4 Å². The van der Waals surface area contributed by atoms with Crippen LogP contribution in [-0.2, 0) is 39.3 Å². The molecule has 4 rings (SSSR count). The first-order chi connectivity index (χ1) is 19.1. The van der Waals surface area contributed by atoms with Gasteiger partial charge in [0, 0.05) is 35.1 Å². The largest absolute Gasteiger partial charge is 0.457 e. The van der Waals surface area contributed by atoms with Crippen LogP contribution in [0.25, 0.3) is 0 Å². The highest BCUT2D eigenvalue weighted by Crippen LogP contribution is 2.52. The van der Waals surface area contributed by atoms with Crippen LogP contribution in [-0.4, -0.2) is 85.7 Å². The Kier molecular flexibility index (Phi) is 9.42. The average Bonchev–Trinajstić information content (AvgIpc) is 3.57. The number of β-lactam (4-membered cyclic amide) rings is 1. The summed E-state index contributed by atoms with van der Waals surface area (Å²) in [5.74, 6) is -0.880. The van der Waals surface area contributed by atoms with E-state index in [4.69, 9.17) is 9.47 Å². The van der Waals surface area contributed by atoms with E-state index in [0.717, 1.165) is 10.7 Å². The zero-order chi connectivity index (χ0) is 29.1. The first-order valence-corrected chi connectivity index (χ1v) is 14.4. The van der Waals surface area contributed by atoms with Gasteiger partial charge in [-0.1, -0.05) is 32.2 Å². The molecule has 3 aliphatic rings. The number of aryl methyl sites for hydroxylation is 2. The molecule has 218 valence electrons. The average molecular weight is 576 g/mol. The Bertz CT molecular complexity index is 1200. The lowest BCUT2D eigenvalue weighted by molar-refractivity contribution is -0.680. The summed E-state index contributed by atoms with van der Waals surface area (Å²) in [7, 11) is 1.87. The minimum absolute atomic E-state index is 0.0165. The number of aliphatic hydroxyl groups excluding tert-OH is 2. The van der Waals surface area contributed by atoms with Gasteiger partial charge in [0.15, 0.2) is 0 Å². The minimum Gasteiger partial charge on any atom is -0.457 e. The number of thioether (sulfide) groups is 1. The van der Waals surface area contributed by atoms with E-state index in [9.17, 15) is 24.6 Å². The van der Waals surface area contributed by atoms with Gasteiger partial charge in [0.2, 0.25) is 5.91 Å². The van der Waals surface area contributed by atoms with Gasteiger partial charge in [-0.15, -0.1) is 11.8 Å². The Labute approximate surface area is 238 Å². The van der Waals surface area contributed by atoms with Crippen LogP contribution < -0.4 is 4.57 Å². The SMILES string of the molecule is C=CCOC(=O)C1=C(S[C@H]2C[C@@H](CCn3cc[n+](C)c3CO)N(C(=O)OCC=C)C2)[C@H](C)[C@@H]2[C@@H]([C@@H](C)O)C(=O)N12. The van der Waals surface area contributed by atoms with E-state index >= 15 is 0 Å². The Balaban J connectivity index is 1.56. The third kappa shape index (κ3) is 5.57. The van der Waals surface area contributed by atoms with Crippen molar-refractivity contribution in [3.05, 3.63) is 54.1 Å². The number of amides is 2. The molecule has 1 aromatic heterocycles. The Morgan fingerprint density at radius 3 is 2.62 bits per heavy atom. The van der Waals surface area contributed by atoms with Crippen molar-refractivity contribution in [2.75, 3.05) is 19.8 Å². The molecule has 11 nitrogen and oxygen atoms in total. The van der Waals surface area contributed by atoms with E-state index in [1.54, 1.807) is 11.8 Å². The van der Waals surface area contributed by atoms with E-state index in [1.165, 1.54) is 28.8 Å². The highest BCUT2D eigenvalue weighted by atomic mass is 32.2. The second-order valence-electron chi connectivity index (χ2n) is 10.5. The van der Waals surface area contributed by atoms with Gasteiger partial charge in [0.25, 0.3) is 5.82 Å². The summed E-state index contributed by atoms with van der Waals surface area (Å²) >= 11 is 1.50. The second kappa shape index (κ2) is 12.6. The zero-order valence-corrected chi connectivity index (χ0v) is 24.1. The summed E-state index contributed by atoms with van der Waals surface area (Å²) in [6.07, 6.45) is 6.80. The van der Waals surface area contributed by atoms with Crippen LogP contribution >= 0.6 is 11.8 Å². The molecular weight excluding hydrogens is 536 g/mol. The van der Waals surface area contributed by atoms with E-state index in [1.807, 2.05) is 35.5 Å². The van der Waals surface area contributed by atoms with Crippen molar-refractivity contribution < 1.29 is 38.6 Å². The standard InChI is InChI=1S/C28H39N4O7S/c1-6-12-38-27(36)24-25(17(3)23-22(18(4)34)26(35)32(23)24)40-20-14-19(31(15-20)28(37)39-13-7-2)8-9-30-11-10-29(5)21(30)16-33/h6-7,10-11,17-20,22-23,33-34H,1-2,8-9,12-16H2,3-5H3/q+1/t17-,18-,19-,20+,22-,23-/m1/s1. The third-order valence-electron chi connectivity index (χ3n) is 7.92. The van der Waals surface area contributed by atoms with Gasteiger partial charge in [0.05, 0.1) is 31.7 Å². The maximum atomic E-state index is 13.1. The van der Waals surface area contributed by atoms with Crippen molar-refractivity contribution in [1.29, 1.82) is 0 Å². The Hall–Kier alpha value is -3.09. The second-order valence-corrected chi connectivity index (χ2v) is 11.8. The predicted octanol–water partition coefficient (Wildman–Crippen LogP) is 1.49. The summed E-state index contributed by atoms with van der Waals surface area (Å²) < 4.78 is 14.6. The summed E-state index contributed by atoms with van der Waals surface area (Å²) in [6.45, 7) is 11.8. The fourth-order valence-electron chi connectivity index (χ4n) is 5.97. The molecule has 1 aromatic rings. The number of carbonyl (C=O) groups is 3. The lowest BCUT2D eigenvalue weighted by Gasteiger charge is -2.46. The molecule has 6 atom stereocenters. The van der Waals surface area contributed by atoms with Gasteiger partial charge < -0.3 is 29.5 Å². The molecule has 2 amide bonds. The van der Waals surface area contributed by atoms with Crippen LogP contribution in [0.5, 0.6) is 0 Å². The van der Waals surface area contributed by atoms with E-state index in [-0.39, 0.29) is 54.7 Å². The first kappa shape index (κ1) is 29.9. The lowest BCUT2D eigenvalue weighted by atomic mass is 9.79. The number of rotatable bonds is 12. The fourth-order valence-corrected chi connectivity index (χ4v) is 7.53. The molecule has 3 aliphatic heterocycles. The van der Waals surface area contributed by atoms with Gasteiger partial charge in [-0.2, -0.15) is 0 Å². The van der Waals surface area contributed by atoms with Crippen molar-refractivity contribution in [3.8, 4) is 0 Å². The number of aromatic nitrogens is 2. The molecule has 4 heterocycles. The molecule has 40 heavy (non-hydrogen) atoms. The fraction of sp³-hybridized carbons (Fsp3) is 0.571. The van der Waals surface area contributed by atoms with Gasteiger partial charge in [-0.05, 0) is 13.3 Å². The highest BCUT2D eigenvalue weighted by Gasteiger charge is 2.60. The first-order valence-electron chi connectivity index (χ1n) is 13.5. The molecule has 0 bridgehead atoms. The van der Waals surface area contributed by atoms with Crippen LogP contribution in [0.4, 0.5) is 4.79 Å². The maximum absolute atomic E-state index is 13.1. The molecule has 0 aliphatic carbocycles. The molecule has 0 unspecified atom stereocenters. The number of likely N-dealkylation sites (tertiary alicyclic amines) is 1. The van der Waals surface area contributed by atoms with E-state index in [2.05, 4.69) is 13.2 Å². The van der Waals surface area contributed by atoms with Crippen molar-refractivity contribution in [2.45, 2.75) is 63.3 Å². The number of nitrogens with zero attached hydrogens (tertiary/aromatic N) is 4. The Morgan fingerprint density at radius 1 is 1.27 bits per heavy atom. The van der Waals surface area contributed by atoms with Crippen molar-refractivity contribution >= 4 is 29.7 Å². The highest BCUT2D eigenvalue weighted by molar-refractivity contribution is 8.03. The summed E-state index contributed by atoms with van der Waals surface area (Å²) in [6, 6.07) is -0.454. The van der Waals surface area contributed by atoms with Crippen molar-refractivity contribution in [3.63, 3.8) is 0 Å². The maximum Gasteiger partial charge on any atom is 0.410 e. The van der Waals surface area contributed by atoms with Crippen LogP contribution in [0.2, 0.25) is 0 Å². The monoisotopic (exact) mass is 575 g/mol. The quantitative estimate of drug-likeness (QED) is 0.166. The number of aliphatic hydroxyl groups is 2. The molecule has 0 radical (unpaired) electrons. The third-order valence-corrected chi connectivity index (χ3v) is 9.41. The number of esters is 1. The lowest BCUT2D eigenvalue weighted by Crippen LogP contribution is -2.63. The van der Waals surface area contributed by atoms with E-state index < -0.39 is 24.1 Å². The van der Waals surface area contributed by atoms with Gasteiger partial charge >= 0.3 is 12.1 Å². The van der Waals surface area contributed by atoms with E-state index in [0.29, 0.717) is 25.9 Å². The summed E-state index contributed by atoms with van der Waals surface area (Å²) in [5, 5.41) is 19.9. The molecule has 0 aromatic carbocycles. The minimum atomic E-state index is -0.837. The van der Waals surface area contributed by atoms with Gasteiger partial charge in [-0.25, -0.2) is 18.7 Å². The Morgan fingerprint density at radius 2 is 1.98 bits per heavy atom. The summed E-state index contributed by atoms with van der Waals surface area (Å²) in [4.78, 5) is 43.0. The molecule has 0 spiro atoms. The smallest absolute Gasteiger partial charge is 0.410 e. The topological polar surface area (TPSA) is 125 Å². The van der Waals surface area contributed by atoms with Gasteiger partial charge in [-0.3, -0.25) is 4.79 Å². The summed E-state index contributed by atoms with van der Waals surface area (Å²) in [5.41, 5.74) is 0.225. The normalized spacial score (nSPS) is 26.4. The molecule has 12 heteroatoms. The van der Waals surface area contributed by atoms with Gasteiger partial charge in [0.1, 0.15) is 37.9 Å². The molecular formula is C28H39N4O7S+. The predicted molar refractivity (Wildman–Crippen MR) is 147 cm³/mol. The van der Waals surface area contributed by atoms with Crippen LogP contribution in [0.3, 0.4) is 0 Å². The number of carbonyl (C=O) groups excluding carboxylic acids is 3. The molecule has 2 saturated heterocycles. The van der Waals surface area contributed by atoms with Crippen LogP contribution in [0.1, 0.15) is 32.5 Å². The number of hydrogen-bond acceptors (Lipinski definition) is 8.